The highest BCUT2D eigenvalue weighted by molar-refractivity contribution is 7.93. The van der Waals surface area contributed by atoms with E-state index in [4.69, 9.17) is 32.7 Å². The minimum atomic E-state index is -4.13. The average Bonchev–Trinajstić information content (AvgIpc) is 3.08. The van der Waals surface area contributed by atoms with Crippen LogP contribution in [0, 0.1) is 11.6 Å². The maximum Gasteiger partial charge on any atom is 0.167 e. The van der Waals surface area contributed by atoms with Crippen molar-refractivity contribution in [3.63, 3.8) is 0 Å². The maximum atomic E-state index is 14.7. The van der Waals surface area contributed by atoms with E-state index in [1.807, 2.05) is 0 Å². The Morgan fingerprint density at radius 1 is 0.596 bits per heavy atom. The third-order valence-corrected chi connectivity index (χ3v) is 12.5. The maximum absolute atomic E-state index is 14.7. The molecule has 0 saturated heterocycles. The fraction of sp³-hybridized carbons (Fsp3) is 0.158. The van der Waals surface area contributed by atoms with Crippen LogP contribution in [0.3, 0.4) is 0 Å². The first kappa shape index (κ1) is 32.8. The zero-order chi connectivity index (χ0) is 33.4. The zero-order valence-electron chi connectivity index (χ0n) is 25.4. The Morgan fingerprint density at radius 2 is 0.979 bits per heavy atom. The molecule has 4 unspecified atom stereocenters. The van der Waals surface area contributed by atoms with Gasteiger partial charge >= 0.3 is 0 Å². The third-order valence-electron chi connectivity index (χ3n) is 8.61. The number of hydrogen-bond acceptors (Lipinski definition) is 4. The number of benzene rings is 4. The van der Waals surface area contributed by atoms with Crippen molar-refractivity contribution in [2.45, 2.75) is 20.2 Å². The van der Waals surface area contributed by atoms with Crippen molar-refractivity contribution in [3.05, 3.63) is 156 Å². The predicted molar refractivity (Wildman–Crippen MR) is 185 cm³/mol. The molecule has 0 amide bonds. The summed E-state index contributed by atoms with van der Waals surface area (Å²) in [6.07, 6.45) is 13.2. The first-order valence-electron chi connectivity index (χ1n) is 14.7. The number of hydrogen-bond donors (Lipinski definition) is 0. The molecule has 0 saturated carbocycles. The second-order valence-electron chi connectivity index (χ2n) is 11.3. The fourth-order valence-electron chi connectivity index (χ4n) is 6.19. The molecule has 2 aliphatic rings. The van der Waals surface area contributed by atoms with Gasteiger partial charge in [-0.15, -0.1) is 23.2 Å². The second kappa shape index (κ2) is 12.8. The van der Waals surface area contributed by atoms with Crippen LogP contribution in [0.5, 0.6) is 11.5 Å². The van der Waals surface area contributed by atoms with Crippen molar-refractivity contribution in [2.75, 3.05) is 14.2 Å². The molecule has 0 radical (unpaired) electrons. The van der Waals surface area contributed by atoms with E-state index in [9.17, 15) is 17.2 Å². The van der Waals surface area contributed by atoms with Crippen molar-refractivity contribution in [1.82, 2.24) is 0 Å². The summed E-state index contributed by atoms with van der Waals surface area (Å²) in [4.78, 5) is -2.94. The van der Waals surface area contributed by atoms with Crippen LogP contribution in [-0.4, -0.2) is 33.1 Å². The van der Waals surface area contributed by atoms with Gasteiger partial charge in [0.25, 0.3) is 0 Å². The van der Waals surface area contributed by atoms with Crippen LogP contribution in [0.1, 0.15) is 11.1 Å². The van der Waals surface area contributed by atoms with Gasteiger partial charge in [0.15, 0.2) is 9.84 Å². The molecule has 4 nitrogen and oxygen atoms in total. The Bertz CT molecular complexity index is 1900. The van der Waals surface area contributed by atoms with Crippen LogP contribution in [0.2, 0.25) is 0 Å². The molecule has 6 rings (SSSR count). The first-order chi connectivity index (χ1) is 22.5. The molecule has 240 valence electrons. The van der Waals surface area contributed by atoms with Crippen molar-refractivity contribution < 1.29 is 26.7 Å². The lowest BCUT2D eigenvalue weighted by molar-refractivity contribution is 0.415. The molecule has 0 aliphatic heterocycles. The number of methoxy groups -OCH3 is 2. The van der Waals surface area contributed by atoms with Gasteiger partial charge in [0, 0.05) is 11.1 Å². The minimum Gasteiger partial charge on any atom is -0.496 e. The SMILES string of the molecule is COc1ccc(F)cc1-c1ccc(C2(Cl)C=CC=CC2S(=O)(=O)C2C=CC=CC2(Cl)c2ccc(-c3cc(F)ccc3OC)cc2)cc1. The molecule has 0 spiro atoms. The minimum absolute atomic E-state index is 0.410. The van der Waals surface area contributed by atoms with Crippen molar-refractivity contribution in [1.29, 1.82) is 0 Å². The standard InChI is InChI=1S/C38H30Cl2F2O4S/c1-45-33-19-17-29(41)23-31(33)25-9-13-27(14-10-25)37(39)21-5-3-7-35(37)47(43,44)36-8-4-6-22-38(36,40)28-15-11-26(12-16-28)32-24-30(42)18-20-34(32)46-2/h3-24,35-36H,1-2H3. The lowest BCUT2D eigenvalue weighted by Gasteiger charge is -2.39. The third kappa shape index (κ3) is 5.93. The van der Waals surface area contributed by atoms with Gasteiger partial charge in [-0.05, 0) is 58.7 Å². The highest BCUT2D eigenvalue weighted by atomic mass is 35.5. The summed E-state index contributed by atoms with van der Waals surface area (Å²) < 4.78 is 68.4. The summed E-state index contributed by atoms with van der Waals surface area (Å²) in [6.45, 7) is 0. The van der Waals surface area contributed by atoms with E-state index >= 15 is 0 Å². The van der Waals surface area contributed by atoms with E-state index in [-0.39, 0.29) is 0 Å². The Balaban J connectivity index is 1.35. The molecule has 4 aromatic rings. The van der Waals surface area contributed by atoms with E-state index in [0.717, 1.165) is 0 Å². The number of halogens is 4. The fourth-order valence-corrected chi connectivity index (χ4v) is 9.80. The smallest absolute Gasteiger partial charge is 0.167 e. The van der Waals surface area contributed by atoms with Crippen LogP contribution in [0.25, 0.3) is 22.3 Å². The molecule has 2 aliphatic carbocycles. The number of sulfone groups is 1. The Labute approximate surface area is 283 Å². The van der Waals surface area contributed by atoms with E-state index in [1.54, 1.807) is 109 Å². The van der Waals surface area contributed by atoms with Crippen LogP contribution in [-0.2, 0) is 19.6 Å². The molecule has 0 N–H and O–H groups in total. The predicted octanol–water partition coefficient (Wildman–Crippen LogP) is 9.29. The van der Waals surface area contributed by atoms with E-state index in [0.29, 0.717) is 44.9 Å². The Hall–Kier alpha value is -4.17. The summed E-state index contributed by atoms with van der Waals surface area (Å²) in [5, 5.41) is -2.38. The molecule has 47 heavy (non-hydrogen) atoms. The molecule has 0 aromatic heterocycles. The number of alkyl halides is 2. The summed E-state index contributed by atoms with van der Waals surface area (Å²) in [5.41, 5.74) is 3.55. The Morgan fingerprint density at radius 3 is 1.34 bits per heavy atom. The van der Waals surface area contributed by atoms with Gasteiger partial charge in [-0.2, -0.15) is 0 Å². The topological polar surface area (TPSA) is 52.6 Å². The van der Waals surface area contributed by atoms with Gasteiger partial charge in [0.05, 0.1) is 14.2 Å². The molecule has 4 aromatic carbocycles. The molecular weight excluding hydrogens is 661 g/mol. The van der Waals surface area contributed by atoms with E-state index in [1.165, 1.54) is 38.5 Å². The van der Waals surface area contributed by atoms with Gasteiger partial charge in [-0.25, -0.2) is 17.2 Å². The molecule has 0 heterocycles. The second-order valence-corrected chi connectivity index (χ2v) is 14.7. The Kier molecular flexibility index (Phi) is 8.92. The van der Waals surface area contributed by atoms with Gasteiger partial charge in [-0.3, -0.25) is 0 Å². The van der Waals surface area contributed by atoms with Crippen molar-refractivity contribution in [2.24, 2.45) is 0 Å². The highest BCUT2D eigenvalue weighted by Crippen LogP contribution is 2.48. The van der Waals surface area contributed by atoms with Crippen molar-refractivity contribution >= 4 is 33.0 Å². The normalized spacial score (nSPS) is 23.5. The lowest BCUT2D eigenvalue weighted by atomic mass is 9.89. The summed E-state index contributed by atoms with van der Waals surface area (Å²) >= 11 is 14.6. The van der Waals surface area contributed by atoms with E-state index in [2.05, 4.69) is 0 Å². The number of allylic oxidation sites excluding steroid dienone is 6. The van der Waals surface area contributed by atoms with Crippen LogP contribution < -0.4 is 9.47 Å². The monoisotopic (exact) mass is 690 g/mol. The largest absolute Gasteiger partial charge is 0.496 e. The van der Waals surface area contributed by atoms with Crippen LogP contribution in [0.4, 0.5) is 8.78 Å². The van der Waals surface area contributed by atoms with E-state index < -0.39 is 41.7 Å². The molecule has 9 heteroatoms. The van der Waals surface area contributed by atoms with Gasteiger partial charge in [-0.1, -0.05) is 97.1 Å². The quantitative estimate of drug-likeness (QED) is 0.173. The average molecular weight is 692 g/mol. The van der Waals surface area contributed by atoms with Gasteiger partial charge in [0.1, 0.15) is 43.4 Å². The van der Waals surface area contributed by atoms with Gasteiger partial charge < -0.3 is 9.47 Å². The number of rotatable bonds is 8. The molecule has 0 bridgehead atoms. The molecular formula is C38H30Cl2F2O4S. The highest BCUT2D eigenvalue weighted by Gasteiger charge is 2.52. The van der Waals surface area contributed by atoms with Gasteiger partial charge in [0.2, 0.25) is 0 Å². The number of ether oxygens (including phenoxy) is 2. The first-order valence-corrected chi connectivity index (χ1v) is 17.1. The van der Waals surface area contributed by atoms with Crippen LogP contribution >= 0.6 is 23.2 Å². The zero-order valence-corrected chi connectivity index (χ0v) is 27.7. The van der Waals surface area contributed by atoms with Crippen LogP contribution in [0.15, 0.2) is 134 Å². The summed E-state index contributed by atoms with van der Waals surface area (Å²) in [6, 6.07) is 22.5. The molecule has 4 atom stereocenters. The summed E-state index contributed by atoms with van der Waals surface area (Å²) in [5.74, 6) is 0.180. The van der Waals surface area contributed by atoms with Crippen molar-refractivity contribution in [3.8, 4) is 33.8 Å². The summed E-state index contributed by atoms with van der Waals surface area (Å²) in [7, 11) is -1.11. The molecule has 0 fully saturated rings. The lowest BCUT2D eigenvalue weighted by Crippen LogP contribution is -2.48.